The van der Waals surface area contributed by atoms with Gasteiger partial charge in [0.05, 0.1) is 6.54 Å². The van der Waals surface area contributed by atoms with Gasteiger partial charge < -0.3 is 14.8 Å². The normalized spacial score (nSPS) is 10.3. The molecule has 0 unspecified atom stereocenters. The van der Waals surface area contributed by atoms with Gasteiger partial charge in [-0.3, -0.25) is 0 Å². The van der Waals surface area contributed by atoms with Gasteiger partial charge in [0.1, 0.15) is 5.76 Å². The van der Waals surface area contributed by atoms with Crippen molar-refractivity contribution in [2.45, 2.75) is 13.5 Å². The van der Waals surface area contributed by atoms with Crippen molar-refractivity contribution in [3.8, 4) is 0 Å². The molecular formula is C13H12ClNO3. The van der Waals surface area contributed by atoms with Gasteiger partial charge in [-0.05, 0) is 37.3 Å². The van der Waals surface area contributed by atoms with E-state index in [-0.39, 0.29) is 5.76 Å². The number of halogens is 1. The number of rotatable bonds is 4. The number of hydrogen-bond donors (Lipinski definition) is 2. The third-order valence-corrected chi connectivity index (χ3v) is 2.73. The van der Waals surface area contributed by atoms with Crippen molar-refractivity contribution >= 4 is 23.3 Å². The Bertz CT molecular complexity index is 560. The van der Waals surface area contributed by atoms with Gasteiger partial charge in [-0.25, -0.2) is 4.79 Å². The molecule has 5 heteroatoms. The smallest absolute Gasteiger partial charge is 0.372 e. The third-order valence-electron chi connectivity index (χ3n) is 2.47. The topological polar surface area (TPSA) is 62.5 Å². The van der Waals surface area contributed by atoms with E-state index in [0.717, 1.165) is 5.69 Å². The Hall–Kier alpha value is -1.94. The van der Waals surface area contributed by atoms with Crippen molar-refractivity contribution in [3.63, 3.8) is 0 Å². The van der Waals surface area contributed by atoms with Crippen molar-refractivity contribution in [1.29, 1.82) is 0 Å². The zero-order valence-corrected chi connectivity index (χ0v) is 10.5. The highest BCUT2D eigenvalue weighted by atomic mass is 35.5. The summed E-state index contributed by atoms with van der Waals surface area (Å²) >= 11 is 5.78. The van der Waals surface area contributed by atoms with E-state index in [1.165, 1.54) is 0 Å². The summed E-state index contributed by atoms with van der Waals surface area (Å²) in [7, 11) is 0. The van der Waals surface area contributed by atoms with E-state index in [0.29, 0.717) is 22.9 Å². The molecule has 0 saturated carbocycles. The molecule has 94 valence electrons. The van der Waals surface area contributed by atoms with Crippen LogP contribution in [0.15, 0.2) is 34.7 Å². The van der Waals surface area contributed by atoms with Crippen LogP contribution < -0.4 is 5.32 Å². The van der Waals surface area contributed by atoms with Crippen molar-refractivity contribution in [2.75, 3.05) is 5.32 Å². The van der Waals surface area contributed by atoms with Crippen LogP contribution in [0.1, 0.15) is 21.9 Å². The maximum Gasteiger partial charge on any atom is 0.372 e. The van der Waals surface area contributed by atoms with Gasteiger partial charge in [-0.15, -0.1) is 0 Å². The average molecular weight is 266 g/mol. The quantitative estimate of drug-likeness (QED) is 0.887. The molecule has 0 saturated heterocycles. The third kappa shape index (κ3) is 2.84. The van der Waals surface area contributed by atoms with Crippen LogP contribution in [0.25, 0.3) is 0 Å². The molecule has 1 heterocycles. The first-order valence-corrected chi connectivity index (χ1v) is 5.76. The second-order valence-corrected chi connectivity index (χ2v) is 4.33. The summed E-state index contributed by atoms with van der Waals surface area (Å²) < 4.78 is 5.23. The first kappa shape index (κ1) is 12.5. The van der Waals surface area contributed by atoms with E-state index >= 15 is 0 Å². The Kier molecular flexibility index (Phi) is 3.58. The zero-order valence-electron chi connectivity index (χ0n) is 9.74. The van der Waals surface area contributed by atoms with E-state index in [4.69, 9.17) is 21.1 Å². The molecule has 4 nitrogen and oxygen atoms in total. The van der Waals surface area contributed by atoms with Crippen LogP contribution in [0.3, 0.4) is 0 Å². The van der Waals surface area contributed by atoms with E-state index in [1.807, 2.05) is 12.1 Å². The minimum absolute atomic E-state index is 0.0112. The van der Waals surface area contributed by atoms with Crippen molar-refractivity contribution in [3.05, 3.63) is 52.4 Å². The highest BCUT2D eigenvalue weighted by Gasteiger charge is 2.13. The predicted octanol–water partition coefficient (Wildman–Crippen LogP) is 3.55. The number of carbonyl (C=O) groups is 1. The molecular weight excluding hydrogens is 254 g/mol. The lowest BCUT2D eigenvalue weighted by atomic mass is 10.2. The largest absolute Gasteiger partial charge is 0.475 e. The van der Waals surface area contributed by atoms with Gasteiger partial charge in [-0.1, -0.05) is 11.6 Å². The number of carboxylic acids is 1. The molecule has 2 rings (SSSR count). The van der Waals surface area contributed by atoms with Crippen LogP contribution in [0.5, 0.6) is 0 Å². The minimum Gasteiger partial charge on any atom is -0.475 e. The Labute approximate surface area is 109 Å². The van der Waals surface area contributed by atoms with Crippen molar-refractivity contribution in [1.82, 2.24) is 0 Å². The molecule has 0 amide bonds. The lowest BCUT2D eigenvalue weighted by molar-refractivity contribution is 0.0659. The summed E-state index contributed by atoms with van der Waals surface area (Å²) in [5.41, 5.74) is 1.51. The van der Waals surface area contributed by atoms with E-state index in [2.05, 4.69) is 5.32 Å². The molecule has 0 spiro atoms. The summed E-state index contributed by atoms with van der Waals surface area (Å²) in [5.74, 6) is -0.479. The fourth-order valence-electron chi connectivity index (χ4n) is 1.60. The monoisotopic (exact) mass is 265 g/mol. The number of aromatic carboxylic acids is 1. The second kappa shape index (κ2) is 5.14. The van der Waals surface area contributed by atoms with Gasteiger partial charge in [0.15, 0.2) is 0 Å². The summed E-state index contributed by atoms with van der Waals surface area (Å²) in [4.78, 5) is 10.8. The SMILES string of the molecule is Cc1cc(CNc2ccc(Cl)cc2)oc1C(=O)O. The second-order valence-electron chi connectivity index (χ2n) is 3.89. The molecule has 1 aromatic heterocycles. The van der Waals surface area contributed by atoms with E-state index in [1.54, 1.807) is 25.1 Å². The molecule has 0 radical (unpaired) electrons. The molecule has 0 fully saturated rings. The number of carboxylic acid groups (broad SMARTS) is 1. The Balaban J connectivity index is 2.04. The van der Waals surface area contributed by atoms with Crippen LogP contribution in [-0.2, 0) is 6.54 Å². The molecule has 0 aliphatic heterocycles. The van der Waals surface area contributed by atoms with Gasteiger partial charge in [0.2, 0.25) is 5.76 Å². The fraction of sp³-hybridized carbons (Fsp3) is 0.154. The molecule has 0 atom stereocenters. The van der Waals surface area contributed by atoms with Crippen LogP contribution in [0.4, 0.5) is 5.69 Å². The summed E-state index contributed by atoms with van der Waals surface area (Å²) in [6.45, 7) is 2.13. The van der Waals surface area contributed by atoms with Gasteiger partial charge >= 0.3 is 5.97 Å². The van der Waals surface area contributed by atoms with Crippen LogP contribution >= 0.6 is 11.6 Å². The lowest BCUT2D eigenvalue weighted by Crippen LogP contribution is -1.98. The minimum atomic E-state index is -1.05. The molecule has 0 bridgehead atoms. The molecule has 2 aromatic rings. The number of furan rings is 1. The average Bonchev–Trinajstić information content (AvgIpc) is 2.70. The number of anilines is 1. The Morgan fingerprint density at radius 1 is 1.39 bits per heavy atom. The standard InChI is InChI=1S/C13H12ClNO3/c1-8-6-11(18-12(8)13(16)17)7-15-10-4-2-9(14)3-5-10/h2-6,15H,7H2,1H3,(H,16,17). The van der Waals surface area contributed by atoms with Gasteiger partial charge in [0, 0.05) is 16.3 Å². The number of hydrogen-bond acceptors (Lipinski definition) is 3. The number of aryl methyl sites for hydroxylation is 1. The first-order chi connectivity index (χ1) is 8.56. The molecule has 0 aliphatic carbocycles. The van der Waals surface area contributed by atoms with Crippen LogP contribution in [-0.4, -0.2) is 11.1 Å². The highest BCUT2D eigenvalue weighted by molar-refractivity contribution is 6.30. The van der Waals surface area contributed by atoms with Crippen LogP contribution in [0.2, 0.25) is 5.02 Å². The summed E-state index contributed by atoms with van der Waals surface area (Å²) in [5, 5.41) is 12.7. The lowest BCUT2D eigenvalue weighted by Gasteiger charge is -2.03. The van der Waals surface area contributed by atoms with E-state index < -0.39 is 5.97 Å². The summed E-state index contributed by atoms with van der Waals surface area (Å²) in [6.07, 6.45) is 0. The fourth-order valence-corrected chi connectivity index (χ4v) is 1.73. The van der Waals surface area contributed by atoms with Crippen molar-refractivity contribution < 1.29 is 14.3 Å². The predicted molar refractivity (Wildman–Crippen MR) is 69.2 cm³/mol. The maximum absolute atomic E-state index is 10.8. The molecule has 0 aliphatic rings. The summed E-state index contributed by atoms with van der Waals surface area (Å²) in [6, 6.07) is 8.96. The Morgan fingerprint density at radius 2 is 2.06 bits per heavy atom. The first-order valence-electron chi connectivity index (χ1n) is 5.38. The maximum atomic E-state index is 10.8. The van der Waals surface area contributed by atoms with Crippen LogP contribution in [0, 0.1) is 6.92 Å². The number of benzene rings is 1. The molecule has 18 heavy (non-hydrogen) atoms. The van der Waals surface area contributed by atoms with Gasteiger partial charge in [-0.2, -0.15) is 0 Å². The zero-order chi connectivity index (χ0) is 13.1. The van der Waals surface area contributed by atoms with Crippen molar-refractivity contribution in [2.24, 2.45) is 0 Å². The highest BCUT2D eigenvalue weighted by Crippen LogP contribution is 2.17. The Morgan fingerprint density at radius 3 is 2.61 bits per heavy atom. The van der Waals surface area contributed by atoms with Gasteiger partial charge in [0.25, 0.3) is 0 Å². The number of nitrogens with one attached hydrogen (secondary N) is 1. The molecule has 2 N–H and O–H groups in total. The molecule has 1 aromatic carbocycles. The van der Waals surface area contributed by atoms with E-state index in [9.17, 15) is 4.79 Å².